The van der Waals surface area contributed by atoms with Gasteiger partial charge in [-0.3, -0.25) is 9.69 Å². The quantitative estimate of drug-likeness (QED) is 0.946. The molecule has 120 valence electrons. The zero-order valence-electron chi connectivity index (χ0n) is 13.2. The molecule has 1 amide bonds. The van der Waals surface area contributed by atoms with Crippen LogP contribution < -0.4 is 5.32 Å². The number of fused-ring (bicyclic) bond motifs is 3. The van der Waals surface area contributed by atoms with Crippen molar-refractivity contribution in [1.29, 1.82) is 0 Å². The van der Waals surface area contributed by atoms with Gasteiger partial charge in [0, 0.05) is 17.6 Å². The van der Waals surface area contributed by atoms with Crippen LogP contribution in [0.1, 0.15) is 30.5 Å². The number of carbonyl (C=O) groups excluding carboxylic acids is 1. The second kappa shape index (κ2) is 5.81. The lowest BCUT2D eigenvalue weighted by atomic mass is 9.79. The Morgan fingerprint density at radius 1 is 1.26 bits per heavy atom. The SMILES string of the molecule is CC1C(NC(=O)c2ncc(-c3ccccc3)o2)C2CCN1CC2. The Morgan fingerprint density at radius 2 is 2.00 bits per heavy atom. The standard InChI is InChI=1S/C18H21N3O2/c1-12-16(14-7-9-21(12)10-8-14)20-17(22)18-19-11-15(23-18)13-5-3-2-4-6-13/h2-6,11-12,14,16H,7-10H2,1H3,(H,20,22). The average Bonchev–Trinajstić information content (AvgIpc) is 3.09. The summed E-state index contributed by atoms with van der Waals surface area (Å²) in [5.41, 5.74) is 0.926. The maximum Gasteiger partial charge on any atom is 0.307 e. The molecule has 23 heavy (non-hydrogen) atoms. The van der Waals surface area contributed by atoms with Gasteiger partial charge in [-0.15, -0.1) is 0 Å². The van der Waals surface area contributed by atoms with Crippen molar-refractivity contribution in [3.05, 3.63) is 42.4 Å². The van der Waals surface area contributed by atoms with Gasteiger partial charge in [0.2, 0.25) is 0 Å². The first-order valence-corrected chi connectivity index (χ1v) is 8.28. The van der Waals surface area contributed by atoms with Crippen LogP contribution in [0.25, 0.3) is 11.3 Å². The summed E-state index contributed by atoms with van der Waals surface area (Å²) < 4.78 is 5.65. The van der Waals surface area contributed by atoms with E-state index in [-0.39, 0.29) is 17.8 Å². The highest BCUT2D eigenvalue weighted by atomic mass is 16.4. The number of carbonyl (C=O) groups is 1. The fraction of sp³-hybridized carbons (Fsp3) is 0.444. The van der Waals surface area contributed by atoms with Crippen molar-refractivity contribution < 1.29 is 9.21 Å². The zero-order valence-corrected chi connectivity index (χ0v) is 13.2. The van der Waals surface area contributed by atoms with E-state index in [1.807, 2.05) is 30.3 Å². The van der Waals surface area contributed by atoms with Crippen LogP contribution in [-0.2, 0) is 0 Å². The van der Waals surface area contributed by atoms with Crippen LogP contribution in [0, 0.1) is 5.92 Å². The highest BCUT2D eigenvalue weighted by molar-refractivity contribution is 5.90. The van der Waals surface area contributed by atoms with Crippen molar-refractivity contribution in [3.8, 4) is 11.3 Å². The Kier molecular flexibility index (Phi) is 3.65. The molecule has 0 spiro atoms. The lowest BCUT2D eigenvalue weighted by Gasteiger charge is -2.49. The monoisotopic (exact) mass is 311 g/mol. The zero-order chi connectivity index (χ0) is 15.8. The predicted molar refractivity (Wildman–Crippen MR) is 87.0 cm³/mol. The molecule has 1 N–H and O–H groups in total. The number of benzene rings is 1. The molecule has 1 aromatic carbocycles. The number of nitrogens with one attached hydrogen (secondary N) is 1. The van der Waals surface area contributed by atoms with Gasteiger partial charge < -0.3 is 9.73 Å². The van der Waals surface area contributed by atoms with Gasteiger partial charge in [0.15, 0.2) is 5.76 Å². The number of amides is 1. The van der Waals surface area contributed by atoms with Crippen LogP contribution in [-0.4, -0.2) is 41.0 Å². The number of hydrogen-bond acceptors (Lipinski definition) is 4. The summed E-state index contributed by atoms with van der Waals surface area (Å²) in [7, 11) is 0. The number of nitrogens with zero attached hydrogens (tertiary/aromatic N) is 2. The Morgan fingerprint density at radius 3 is 2.70 bits per heavy atom. The molecule has 2 aromatic rings. The third-order valence-corrected chi connectivity index (χ3v) is 5.23. The number of hydrogen-bond donors (Lipinski definition) is 1. The Balaban J connectivity index is 1.49. The maximum absolute atomic E-state index is 12.5. The first kappa shape index (κ1) is 14.5. The summed E-state index contributed by atoms with van der Waals surface area (Å²) >= 11 is 0. The molecule has 4 heterocycles. The normalized spacial score (nSPS) is 29.4. The first-order valence-electron chi connectivity index (χ1n) is 8.28. The van der Waals surface area contributed by atoms with E-state index in [0.29, 0.717) is 17.7 Å². The second-order valence-corrected chi connectivity index (χ2v) is 6.51. The molecule has 5 heteroatoms. The number of piperidine rings is 3. The molecule has 0 saturated carbocycles. The summed E-state index contributed by atoms with van der Waals surface area (Å²) in [5, 5.41) is 3.14. The van der Waals surface area contributed by atoms with E-state index in [0.717, 1.165) is 31.5 Å². The van der Waals surface area contributed by atoms with Crippen LogP contribution in [0.3, 0.4) is 0 Å². The van der Waals surface area contributed by atoms with Crippen molar-refractivity contribution in [2.24, 2.45) is 5.92 Å². The van der Waals surface area contributed by atoms with E-state index in [4.69, 9.17) is 4.42 Å². The van der Waals surface area contributed by atoms with Crippen molar-refractivity contribution >= 4 is 5.91 Å². The third-order valence-electron chi connectivity index (χ3n) is 5.23. The van der Waals surface area contributed by atoms with Gasteiger partial charge in [-0.25, -0.2) is 4.98 Å². The largest absolute Gasteiger partial charge is 0.432 e. The molecule has 5 nitrogen and oxygen atoms in total. The first-order chi connectivity index (χ1) is 11.2. The van der Waals surface area contributed by atoms with Gasteiger partial charge >= 0.3 is 5.91 Å². The fourth-order valence-corrected chi connectivity index (χ4v) is 3.87. The smallest absolute Gasteiger partial charge is 0.307 e. The minimum absolute atomic E-state index is 0.146. The van der Waals surface area contributed by atoms with Crippen molar-refractivity contribution in [2.75, 3.05) is 13.1 Å². The Bertz CT molecular complexity index is 687. The number of rotatable bonds is 3. The van der Waals surface area contributed by atoms with Gasteiger partial charge in [0.25, 0.3) is 5.89 Å². The molecule has 3 fully saturated rings. The van der Waals surface area contributed by atoms with Crippen LogP contribution in [0.2, 0.25) is 0 Å². The second-order valence-electron chi connectivity index (χ2n) is 6.51. The molecule has 0 aliphatic carbocycles. The Labute approximate surface area is 135 Å². The summed E-state index contributed by atoms with van der Waals surface area (Å²) in [5.74, 6) is 1.13. The summed E-state index contributed by atoms with van der Waals surface area (Å²) in [4.78, 5) is 19.1. The van der Waals surface area contributed by atoms with Crippen molar-refractivity contribution in [2.45, 2.75) is 31.8 Å². The van der Waals surface area contributed by atoms with E-state index in [2.05, 4.69) is 22.1 Å². The van der Waals surface area contributed by atoms with Crippen molar-refractivity contribution in [3.63, 3.8) is 0 Å². The predicted octanol–water partition coefficient (Wildman–Crippen LogP) is 2.55. The van der Waals surface area contributed by atoms with E-state index in [9.17, 15) is 4.79 Å². The molecular weight excluding hydrogens is 290 g/mol. The van der Waals surface area contributed by atoms with Crippen LogP contribution in [0.5, 0.6) is 0 Å². The maximum atomic E-state index is 12.5. The van der Waals surface area contributed by atoms with Crippen LogP contribution in [0.4, 0.5) is 0 Å². The molecule has 3 aliphatic rings. The molecule has 5 rings (SSSR count). The molecule has 3 aliphatic heterocycles. The lowest BCUT2D eigenvalue weighted by molar-refractivity contribution is 0.0210. The summed E-state index contributed by atoms with van der Waals surface area (Å²) in [6, 6.07) is 10.3. The van der Waals surface area contributed by atoms with E-state index in [1.165, 1.54) is 0 Å². The van der Waals surface area contributed by atoms with E-state index < -0.39 is 0 Å². The average molecular weight is 311 g/mol. The topological polar surface area (TPSA) is 58.4 Å². The molecule has 2 atom stereocenters. The van der Waals surface area contributed by atoms with Gasteiger partial charge in [0.1, 0.15) is 0 Å². The molecule has 1 aromatic heterocycles. The summed E-state index contributed by atoms with van der Waals surface area (Å²) in [6.07, 6.45) is 3.94. The van der Waals surface area contributed by atoms with E-state index >= 15 is 0 Å². The minimum atomic E-state index is -0.210. The third kappa shape index (κ3) is 2.65. The van der Waals surface area contributed by atoms with Gasteiger partial charge in [-0.1, -0.05) is 30.3 Å². The number of oxazole rings is 1. The molecular formula is C18H21N3O2. The molecule has 2 bridgehead atoms. The molecule has 2 unspecified atom stereocenters. The number of aromatic nitrogens is 1. The lowest BCUT2D eigenvalue weighted by Crippen LogP contribution is -2.62. The highest BCUT2D eigenvalue weighted by Crippen LogP contribution is 2.32. The molecule has 3 saturated heterocycles. The van der Waals surface area contributed by atoms with Crippen LogP contribution in [0.15, 0.2) is 40.9 Å². The van der Waals surface area contributed by atoms with Gasteiger partial charge in [-0.05, 0) is 38.8 Å². The summed E-state index contributed by atoms with van der Waals surface area (Å²) in [6.45, 7) is 4.49. The molecule has 0 radical (unpaired) electrons. The van der Waals surface area contributed by atoms with E-state index in [1.54, 1.807) is 6.20 Å². The van der Waals surface area contributed by atoms with Gasteiger partial charge in [0.05, 0.1) is 6.20 Å². The fourth-order valence-electron chi connectivity index (χ4n) is 3.87. The minimum Gasteiger partial charge on any atom is -0.432 e. The van der Waals surface area contributed by atoms with Crippen LogP contribution >= 0.6 is 0 Å². The highest BCUT2D eigenvalue weighted by Gasteiger charge is 2.40. The Hall–Kier alpha value is -2.14. The van der Waals surface area contributed by atoms with Crippen molar-refractivity contribution in [1.82, 2.24) is 15.2 Å². The van der Waals surface area contributed by atoms with Gasteiger partial charge in [-0.2, -0.15) is 0 Å².